The maximum Gasteiger partial charge on any atom is 0.0225 e. The van der Waals surface area contributed by atoms with Crippen molar-refractivity contribution < 1.29 is 0 Å². The van der Waals surface area contributed by atoms with Gasteiger partial charge in [-0.15, -0.1) is 0 Å². The lowest BCUT2D eigenvalue weighted by Crippen LogP contribution is -2.41. The third-order valence-corrected chi connectivity index (χ3v) is 4.98. The average molecular weight is 229 g/mol. The molecule has 1 fully saturated rings. The second-order valence-corrected chi connectivity index (χ2v) is 7.00. The van der Waals surface area contributed by atoms with Crippen LogP contribution in [-0.2, 0) is 0 Å². The summed E-state index contributed by atoms with van der Waals surface area (Å²) in [7, 11) is 0. The SMILES string of the molecule is CCC1CCCC(NCC(C)(C)SC)C1. The molecule has 1 saturated carbocycles. The molecule has 0 spiro atoms. The lowest BCUT2D eigenvalue weighted by molar-refractivity contribution is 0.276. The van der Waals surface area contributed by atoms with Crippen molar-refractivity contribution in [2.75, 3.05) is 12.8 Å². The summed E-state index contributed by atoms with van der Waals surface area (Å²) in [4.78, 5) is 0. The van der Waals surface area contributed by atoms with Crippen molar-refractivity contribution >= 4 is 11.8 Å². The first-order chi connectivity index (χ1) is 7.07. The largest absolute Gasteiger partial charge is 0.313 e. The van der Waals surface area contributed by atoms with E-state index in [4.69, 9.17) is 0 Å². The molecule has 1 nitrogen and oxygen atoms in total. The molecule has 0 amide bonds. The van der Waals surface area contributed by atoms with E-state index in [-0.39, 0.29) is 0 Å². The fourth-order valence-corrected chi connectivity index (χ4v) is 2.54. The summed E-state index contributed by atoms with van der Waals surface area (Å²) in [6, 6.07) is 0.787. The van der Waals surface area contributed by atoms with Gasteiger partial charge in [0.2, 0.25) is 0 Å². The Kier molecular flexibility index (Phi) is 5.48. The zero-order valence-corrected chi connectivity index (χ0v) is 11.6. The first-order valence-electron chi connectivity index (χ1n) is 6.36. The minimum atomic E-state index is 0.388. The Balaban J connectivity index is 2.26. The quantitative estimate of drug-likeness (QED) is 0.772. The maximum atomic E-state index is 3.76. The molecule has 2 heteroatoms. The van der Waals surface area contributed by atoms with Crippen LogP contribution in [0.3, 0.4) is 0 Å². The zero-order valence-electron chi connectivity index (χ0n) is 10.8. The predicted molar refractivity (Wildman–Crippen MR) is 71.6 cm³/mol. The summed E-state index contributed by atoms with van der Waals surface area (Å²) in [5.41, 5.74) is 0. The molecule has 0 aromatic rings. The molecule has 0 bridgehead atoms. The van der Waals surface area contributed by atoms with Gasteiger partial charge in [0, 0.05) is 17.3 Å². The molecule has 1 N–H and O–H groups in total. The smallest absolute Gasteiger partial charge is 0.0225 e. The maximum absolute atomic E-state index is 3.76. The van der Waals surface area contributed by atoms with Crippen LogP contribution in [0.25, 0.3) is 0 Å². The van der Waals surface area contributed by atoms with E-state index in [1.807, 2.05) is 11.8 Å². The zero-order chi connectivity index (χ0) is 11.3. The second kappa shape index (κ2) is 6.15. The van der Waals surface area contributed by atoms with Crippen molar-refractivity contribution in [3.8, 4) is 0 Å². The van der Waals surface area contributed by atoms with Crippen LogP contribution in [0, 0.1) is 5.92 Å². The minimum Gasteiger partial charge on any atom is -0.313 e. The highest BCUT2D eigenvalue weighted by atomic mass is 32.2. The van der Waals surface area contributed by atoms with Crippen LogP contribution in [0.4, 0.5) is 0 Å². The van der Waals surface area contributed by atoms with Gasteiger partial charge >= 0.3 is 0 Å². The van der Waals surface area contributed by atoms with Crippen molar-refractivity contribution in [2.24, 2.45) is 5.92 Å². The molecule has 0 heterocycles. The number of hydrogen-bond acceptors (Lipinski definition) is 2. The molecule has 1 rings (SSSR count). The minimum absolute atomic E-state index is 0.388. The van der Waals surface area contributed by atoms with Crippen LogP contribution in [0.1, 0.15) is 52.9 Å². The van der Waals surface area contributed by atoms with E-state index in [2.05, 4.69) is 32.3 Å². The van der Waals surface area contributed by atoms with Crippen LogP contribution in [-0.4, -0.2) is 23.6 Å². The lowest BCUT2D eigenvalue weighted by Gasteiger charge is -2.32. The van der Waals surface area contributed by atoms with Crippen molar-refractivity contribution in [2.45, 2.75) is 63.7 Å². The average Bonchev–Trinajstić information content (AvgIpc) is 2.27. The second-order valence-electron chi connectivity index (χ2n) is 5.48. The highest BCUT2D eigenvalue weighted by molar-refractivity contribution is 7.99. The molecule has 0 radical (unpaired) electrons. The van der Waals surface area contributed by atoms with Gasteiger partial charge < -0.3 is 5.32 Å². The van der Waals surface area contributed by atoms with E-state index in [0.717, 1.165) is 18.5 Å². The van der Waals surface area contributed by atoms with E-state index in [1.165, 1.54) is 32.1 Å². The molecule has 2 unspecified atom stereocenters. The van der Waals surface area contributed by atoms with Crippen LogP contribution < -0.4 is 5.32 Å². The van der Waals surface area contributed by atoms with Crippen molar-refractivity contribution in [3.63, 3.8) is 0 Å². The molecule has 0 aliphatic heterocycles. The van der Waals surface area contributed by atoms with E-state index in [0.29, 0.717) is 4.75 Å². The van der Waals surface area contributed by atoms with Gasteiger partial charge in [0.25, 0.3) is 0 Å². The van der Waals surface area contributed by atoms with Crippen molar-refractivity contribution in [1.29, 1.82) is 0 Å². The highest BCUT2D eigenvalue weighted by Crippen LogP contribution is 2.27. The van der Waals surface area contributed by atoms with E-state index in [1.54, 1.807) is 0 Å². The normalized spacial score (nSPS) is 28.0. The Hall–Kier alpha value is 0.310. The first-order valence-corrected chi connectivity index (χ1v) is 7.58. The molecule has 0 aromatic heterocycles. The Morgan fingerprint density at radius 3 is 2.67 bits per heavy atom. The molecule has 0 saturated heterocycles. The number of rotatable bonds is 5. The van der Waals surface area contributed by atoms with Gasteiger partial charge in [-0.3, -0.25) is 0 Å². The van der Waals surface area contributed by atoms with E-state index < -0.39 is 0 Å². The van der Waals surface area contributed by atoms with Gasteiger partial charge in [0.1, 0.15) is 0 Å². The lowest BCUT2D eigenvalue weighted by atomic mass is 9.84. The molecular weight excluding hydrogens is 202 g/mol. The molecule has 1 aliphatic rings. The van der Waals surface area contributed by atoms with E-state index >= 15 is 0 Å². The summed E-state index contributed by atoms with van der Waals surface area (Å²) in [5, 5.41) is 3.76. The molecular formula is C13H27NS. The summed E-state index contributed by atoms with van der Waals surface area (Å²) < 4.78 is 0.388. The summed E-state index contributed by atoms with van der Waals surface area (Å²) in [6.07, 6.45) is 9.25. The highest BCUT2D eigenvalue weighted by Gasteiger charge is 2.23. The standard InChI is InChI=1S/C13H27NS/c1-5-11-7-6-8-12(9-11)14-10-13(2,3)15-4/h11-12,14H,5-10H2,1-4H3. The number of hydrogen-bond donors (Lipinski definition) is 1. The van der Waals surface area contributed by atoms with Crippen LogP contribution in [0.5, 0.6) is 0 Å². The molecule has 1 aliphatic carbocycles. The number of nitrogens with one attached hydrogen (secondary N) is 1. The van der Waals surface area contributed by atoms with Crippen molar-refractivity contribution in [1.82, 2.24) is 5.32 Å². The van der Waals surface area contributed by atoms with Gasteiger partial charge in [-0.2, -0.15) is 11.8 Å². The molecule has 15 heavy (non-hydrogen) atoms. The Morgan fingerprint density at radius 2 is 2.07 bits per heavy atom. The molecule has 2 atom stereocenters. The monoisotopic (exact) mass is 229 g/mol. The van der Waals surface area contributed by atoms with Crippen LogP contribution in [0.2, 0.25) is 0 Å². The van der Waals surface area contributed by atoms with Gasteiger partial charge in [0.15, 0.2) is 0 Å². The Bertz CT molecular complexity index is 179. The van der Waals surface area contributed by atoms with Gasteiger partial charge in [-0.05, 0) is 38.9 Å². The molecule has 0 aromatic carbocycles. The third-order valence-electron chi connectivity index (χ3n) is 3.73. The summed E-state index contributed by atoms with van der Waals surface area (Å²) in [6.45, 7) is 8.13. The predicted octanol–water partition coefficient (Wildman–Crippen LogP) is 3.69. The first kappa shape index (κ1) is 13.4. The number of thioether (sulfide) groups is 1. The third kappa shape index (κ3) is 4.78. The van der Waals surface area contributed by atoms with Crippen LogP contribution in [0.15, 0.2) is 0 Å². The van der Waals surface area contributed by atoms with Crippen LogP contribution >= 0.6 is 11.8 Å². The van der Waals surface area contributed by atoms with Gasteiger partial charge in [-0.25, -0.2) is 0 Å². The van der Waals surface area contributed by atoms with Gasteiger partial charge in [-0.1, -0.05) is 26.2 Å². The fourth-order valence-electron chi connectivity index (χ4n) is 2.31. The Labute approximate surface area is 99.8 Å². The summed E-state index contributed by atoms with van der Waals surface area (Å²) in [5.74, 6) is 0.980. The fraction of sp³-hybridized carbons (Fsp3) is 1.00. The van der Waals surface area contributed by atoms with Gasteiger partial charge in [0.05, 0.1) is 0 Å². The van der Waals surface area contributed by atoms with Crippen molar-refractivity contribution in [3.05, 3.63) is 0 Å². The molecule has 90 valence electrons. The van der Waals surface area contributed by atoms with E-state index in [9.17, 15) is 0 Å². The Morgan fingerprint density at radius 1 is 1.33 bits per heavy atom. The topological polar surface area (TPSA) is 12.0 Å². The summed E-state index contributed by atoms with van der Waals surface area (Å²) >= 11 is 1.96.